The highest BCUT2D eigenvalue weighted by Gasteiger charge is 2.54. The van der Waals surface area contributed by atoms with Crippen molar-refractivity contribution >= 4 is 0 Å². The number of unbranched alkanes of at least 4 members (excludes halogenated alkanes) is 5. The number of methoxy groups -OCH3 is 2. The molecule has 4 aliphatic rings. The predicted octanol–water partition coefficient (Wildman–Crippen LogP) is 7.36. The lowest BCUT2D eigenvalue weighted by Crippen LogP contribution is -2.71. The molecule has 0 aromatic heterocycles. The van der Waals surface area contributed by atoms with Crippen molar-refractivity contribution in [3.05, 3.63) is 0 Å². The van der Waals surface area contributed by atoms with Crippen molar-refractivity contribution in [1.29, 1.82) is 0 Å². The summed E-state index contributed by atoms with van der Waals surface area (Å²) < 4.78 is 13.3. The van der Waals surface area contributed by atoms with Crippen molar-refractivity contribution in [3.63, 3.8) is 0 Å². The smallest absolute Gasteiger partial charge is 0.246 e. The molecule has 2 saturated carbocycles. The molecule has 0 spiro atoms. The van der Waals surface area contributed by atoms with Crippen LogP contribution in [0.4, 0.5) is 0 Å². The minimum atomic E-state index is -0.594. The Balaban J connectivity index is 1.58. The summed E-state index contributed by atoms with van der Waals surface area (Å²) in [4.78, 5) is 5.67. The third-order valence-electron chi connectivity index (χ3n) is 10.2. The van der Waals surface area contributed by atoms with Crippen molar-refractivity contribution < 1.29 is 9.47 Å². The third kappa shape index (κ3) is 5.87. The second-order valence-electron chi connectivity index (χ2n) is 12.1. The van der Waals surface area contributed by atoms with E-state index in [9.17, 15) is 0 Å². The zero-order valence-corrected chi connectivity index (χ0v) is 22.9. The Hall–Kier alpha value is -0.160. The molecule has 0 amide bonds. The van der Waals surface area contributed by atoms with Crippen molar-refractivity contribution in [2.75, 3.05) is 27.3 Å². The number of likely N-dealkylation sites (tertiary alicyclic amines) is 2. The minimum Gasteiger partial charge on any atom is -0.339 e. The SMILES string of the molecule is CCCCCCCCC(N1CCCC2CCCCC21)C(OC)(OC)N1CCCC2CCCCC21. The number of fused-ring (bicyclic) bond motifs is 2. The van der Waals surface area contributed by atoms with Crippen LogP contribution in [0.5, 0.6) is 0 Å². The van der Waals surface area contributed by atoms with Gasteiger partial charge in [-0.2, -0.15) is 0 Å². The molecule has 4 rings (SSSR count). The van der Waals surface area contributed by atoms with Crippen molar-refractivity contribution in [3.8, 4) is 0 Å². The van der Waals surface area contributed by atoms with E-state index in [4.69, 9.17) is 9.47 Å². The topological polar surface area (TPSA) is 24.9 Å². The van der Waals surface area contributed by atoms with Gasteiger partial charge in [-0.25, -0.2) is 4.90 Å². The summed E-state index contributed by atoms with van der Waals surface area (Å²) in [5.74, 6) is 1.14. The molecule has 4 fully saturated rings. The van der Waals surface area contributed by atoms with E-state index in [1.54, 1.807) is 0 Å². The maximum absolute atomic E-state index is 6.63. The summed E-state index contributed by atoms with van der Waals surface area (Å²) in [6.07, 6.45) is 26.0. The molecular formula is C30H56N2O2. The lowest BCUT2D eigenvalue weighted by Gasteiger charge is -2.58. The number of hydrogen-bond donors (Lipinski definition) is 0. The predicted molar refractivity (Wildman–Crippen MR) is 142 cm³/mol. The van der Waals surface area contributed by atoms with E-state index in [2.05, 4.69) is 16.7 Å². The van der Waals surface area contributed by atoms with Gasteiger partial charge in [0.1, 0.15) is 0 Å². The second kappa shape index (κ2) is 13.4. The van der Waals surface area contributed by atoms with Gasteiger partial charge in [0, 0.05) is 32.8 Å². The van der Waals surface area contributed by atoms with Gasteiger partial charge in [-0.1, -0.05) is 71.1 Å². The first-order valence-corrected chi connectivity index (χ1v) is 15.4. The minimum absolute atomic E-state index is 0.347. The normalized spacial score (nSPS) is 32.2. The van der Waals surface area contributed by atoms with Crippen LogP contribution in [0.1, 0.15) is 129 Å². The van der Waals surface area contributed by atoms with E-state index in [-0.39, 0.29) is 0 Å². The Morgan fingerprint density at radius 1 is 0.676 bits per heavy atom. The quantitative estimate of drug-likeness (QED) is 0.217. The van der Waals surface area contributed by atoms with E-state index in [0.29, 0.717) is 12.1 Å². The Morgan fingerprint density at radius 3 is 1.94 bits per heavy atom. The van der Waals surface area contributed by atoms with Crippen molar-refractivity contribution in [2.45, 2.75) is 153 Å². The van der Waals surface area contributed by atoms with E-state index in [0.717, 1.165) is 24.4 Å². The zero-order valence-electron chi connectivity index (χ0n) is 22.9. The number of rotatable bonds is 12. The number of nitrogens with zero attached hydrogens (tertiary/aromatic N) is 2. The fourth-order valence-electron chi connectivity index (χ4n) is 8.52. The maximum Gasteiger partial charge on any atom is 0.246 e. The van der Waals surface area contributed by atoms with E-state index >= 15 is 0 Å². The number of hydrogen-bond acceptors (Lipinski definition) is 4. The molecule has 0 radical (unpaired) electrons. The number of ether oxygens (including phenoxy) is 2. The third-order valence-corrected chi connectivity index (χ3v) is 10.2. The van der Waals surface area contributed by atoms with Gasteiger partial charge in [0.25, 0.3) is 0 Å². The van der Waals surface area contributed by atoms with Crippen LogP contribution in [0.15, 0.2) is 0 Å². The summed E-state index contributed by atoms with van der Waals surface area (Å²) in [6.45, 7) is 4.69. The van der Waals surface area contributed by atoms with Gasteiger partial charge in [0.2, 0.25) is 5.91 Å². The van der Waals surface area contributed by atoms with Crippen molar-refractivity contribution in [1.82, 2.24) is 9.80 Å². The van der Waals surface area contributed by atoms with Gasteiger partial charge in [-0.05, 0) is 76.2 Å². The van der Waals surface area contributed by atoms with Crippen LogP contribution in [-0.4, -0.2) is 61.1 Å². The average molecular weight is 477 g/mol. The van der Waals surface area contributed by atoms with Crippen LogP contribution >= 0.6 is 0 Å². The molecule has 2 aliphatic carbocycles. The molecule has 5 atom stereocenters. The lowest BCUT2D eigenvalue weighted by atomic mass is 9.76. The van der Waals surface area contributed by atoms with Crippen LogP contribution in [-0.2, 0) is 9.47 Å². The first-order valence-electron chi connectivity index (χ1n) is 15.4. The van der Waals surface area contributed by atoms with Gasteiger partial charge in [-0.3, -0.25) is 4.90 Å². The Morgan fingerprint density at radius 2 is 1.24 bits per heavy atom. The molecule has 34 heavy (non-hydrogen) atoms. The summed E-state index contributed by atoms with van der Waals surface area (Å²) >= 11 is 0. The fourth-order valence-corrected chi connectivity index (χ4v) is 8.52. The molecule has 4 heteroatoms. The molecule has 198 valence electrons. The van der Waals surface area contributed by atoms with Gasteiger partial charge in [0.15, 0.2) is 0 Å². The lowest BCUT2D eigenvalue weighted by molar-refractivity contribution is -0.347. The molecule has 2 heterocycles. The first kappa shape index (κ1) is 26.9. The van der Waals surface area contributed by atoms with E-state index in [1.807, 2.05) is 14.2 Å². The summed E-state index contributed by atoms with van der Waals surface area (Å²) in [6, 6.07) is 1.73. The molecule has 0 aromatic rings. The highest BCUT2D eigenvalue weighted by molar-refractivity contribution is 5.00. The first-order chi connectivity index (χ1) is 16.7. The van der Waals surface area contributed by atoms with Gasteiger partial charge in [0.05, 0.1) is 6.04 Å². The molecule has 0 N–H and O–H groups in total. The zero-order chi connectivity index (χ0) is 23.8. The fraction of sp³-hybridized carbons (Fsp3) is 1.00. The van der Waals surface area contributed by atoms with Gasteiger partial charge >= 0.3 is 0 Å². The molecule has 0 aromatic carbocycles. The molecule has 0 bridgehead atoms. The monoisotopic (exact) mass is 476 g/mol. The molecule has 2 aliphatic heterocycles. The highest BCUT2D eigenvalue weighted by Crippen LogP contribution is 2.45. The van der Waals surface area contributed by atoms with Crippen LogP contribution in [0.2, 0.25) is 0 Å². The standard InChI is InChI=1S/C30H56N2O2/c1-4-5-6-7-8-9-22-29(31-23-14-18-25-16-10-12-20-27(25)31)30(33-2,34-3)32-24-15-19-26-17-11-13-21-28(26)32/h25-29H,4-24H2,1-3H3. The largest absolute Gasteiger partial charge is 0.339 e. The van der Waals surface area contributed by atoms with Crippen LogP contribution < -0.4 is 0 Å². The molecular weight excluding hydrogens is 420 g/mol. The van der Waals surface area contributed by atoms with E-state index < -0.39 is 5.91 Å². The van der Waals surface area contributed by atoms with Gasteiger partial charge < -0.3 is 9.47 Å². The summed E-state index contributed by atoms with van der Waals surface area (Å²) in [7, 11) is 3.90. The summed E-state index contributed by atoms with van der Waals surface area (Å²) in [5, 5.41) is 0. The Bertz CT molecular complexity index is 576. The van der Waals surface area contributed by atoms with Crippen LogP contribution in [0.25, 0.3) is 0 Å². The molecule has 4 nitrogen and oxygen atoms in total. The second-order valence-corrected chi connectivity index (χ2v) is 12.1. The average Bonchev–Trinajstić information content (AvgIpc) is 2.90. The van der Waals surface area contributed by atoms with Crippen LogP contribution in [0.3, 0.4) is 0 Å². The maximum atomic E-state index is 6.63. The molecule has 2 saturated heterocycles. The highest BCUT2D eigenvalue weighted by atomic mass is 16.7. The Kier molecular flexibility index (Phi) is 10.6. The Labute approximate surface area is 211 Å². The number of piperidine rings is 2. The van der Waals surface area contributed by atoms with Crippen molar-refractivity contribution in [2.24, 2.45) is 11.8 Å². The van der Waals surface area contributed by atoms with Crippen LogP contribution in [0, 0.1) is 11.8 Å². The van der Waals surface area contributed by atoms with E-state index in [1.165, 1.54) is 129 Å². The molecule has 5 unspecified atom stereocenters. The summed E-state index contributed by atoms with van der Waals surface area (Å²) in [5.41, 5.74) is 0. The van der Waals surface area contributed by atoms with Gasteiger partial charge in [-0.15, -0.1) is 0 Å².